The molecular weight excluding hydrogens is 336 g/mol. The number of nitrogens with one attached hydrogen (secondary N) is 1. The zero-order valence-corrected chi connectivity index (χ0v) is 12.0. The van der Waals surface area contributed by atoms with Crippen molar-refractivity contribution in [1.29, 1.82) is 0 Å². The van der Waals surface area contributed by atoms with Gasteiger partial charge >= 0.3 is 0 Å². The second-order valence-corrected chi connectivity index (χ2v) is 5.60. The standard InChI is InChI=1S/C14H8F4N2O4/c1-14(3-2-4(21)19-13(14)24)20-11(22)5-6(12(20)23)8(16)10(18)9(17)7(5)15/h2-3H2,1H3,(H,19,21,24)/t14-/m0/s1. The molecule has 0 aromatic heterocycles. The molecule has 0 radical (unpaired) electrons. The van der Waals surface area contributed by atoms with Crippen molar-refractivity contribution in [2.75, 3.05) is 0 Å². The first-order valence-electron chi connectivity index (χ1n) is 6.70. The Labute approximate surface area is 131 Å². The molecule has 0 unspecified atom stereocenters. The van der Waals surface area contributed by atoms with Crippen LogP contribution < -0.4 is 5.32 Å². The smallest absolute Gasteiger partial charge is 0.265 e. The summed E-state index contributed by atoms with van der Waals surface area (Å²) in [5.74, 6) is -13.1. The lowest BCUT2D eigenvalue weighted by Crippen LogP contribution is -2.62. The van der Waals surface area contributed by atoms with Crippen molar-refractivity contribution in [1.82, 2.24) is 10.2 Å². The summed E-state index contributed by atoms with van der Waals surface area (Å²) in [4.78, 5) is 48.1. The fourth-order valence-corrected chi connectivity index (χ4v) is 2.80. The van der Waals surface area contributed by atoms with Crippen LogP contribution in [0.4, 0.5) is 17.6 Å². The van der Waals surface area contributed by atoms with Gasteiger partial charge in [0, 0.05) is 6.42 Å². The van der Waals surface area contributed by atoms with Gasteiger partial charge in [0.25, 0.3) is 17.7 Å². The Bertz CT molecular complexity index is 807. The summed E-state index contributed by atoms with van der Waals surface area (Å²) in [6.07, 6.45) is -0.527. The molecule has 1 N–H and O–H groups in total. The summed E-state index contributed by atoms with van der Waals surface area (Å²) in [7, 11) is 0. The Morgan fingerprint density at radius 1 is 0.875 bits per heavy atom. The van der Waals surface area contributed by atoms with Crippen molar-refractivity contribution < 1.29 is 36.7 Å². The summed E-state index contributed by atoms with van der Waals surface area (Å²) in [5.41, 5.74) is -4.47. The SMILES string of the molecule is C[C@]1(N2C(=O)c3c(F)c(F)c(F)c(F)c3C2=O)CCC(=O)NC1=O. The van der Waals surface area contributed by atoms with E-state index in [2.05, 4.69) is 0 Å². The predicted molar refractivity (Wildman–Crippen MR) is 67.6 cm³/mol. The van der Waals surface area contributed by atoms with Gasteiger partial charge in [-0.15, -0.1) is 0 Å². The highest BCUT2D eigenvalue weighted by molar-refractivity contribution is 6.24. The van der Waals surface area contributed by atoms with Crippen LogP contribution in [0.25, 0.3) is 0 Å². The fourth-order valence-electron chi connectivity index (χ4n) is 2.80. The van der Waals surface area contributed by atoms with Crippen molar-refractivity contribution in [3.8, 4) is 0 Å². The topological polar surface area (TPSA) is 83.6 Å². The van der Waals surface area contributed by atoms with Gasteiger partial charge in [0.15, 0.2) is 23.3 Å². The van der Waals surface area contributed by atoms with Crippen LogP contribution in [0, 0.1) is 23.3 Å². The van der Waals surface area contributed by atoms with E-state index in [1.54, 1.807) is 0 Å². The molecule has 1 saturated heterocycles. The number of hydrogen-bond donors (Lipinski definition) is 1. The second kappa shape index (κ2) is 4.86. The number of nitrogens with zero attached hydrogens (tertiary/aromatic N) is 1. The lowest BCUT2D eigenvalue weighted by atomic mass is 9.89. The van der Waals surface area contributed by atoms with Crippen LogP contribution >= 0.6 is 0 Å². The second-order valence-electron chi connectivity index (χ2n) is 5.60. The number of imide groups is 2. The van der Waals surface area contributed by atoms with E-state index in [-0.39, 0.29) is 17.7 Å². The Morgan fingerprint density at radius 3 is 1.75 bits per heavy atom. The summed E-state index contributed by atoms with van der Waals surface area (Å²) in [6.45, 7) is 1.11. The zero-order chi connectivity index (χ0) is 18.0. The molecule has 1 aromatic rings. The quantitative estimate of drug-likeness (QED) is 0.357. The van der Waals surface area contributed by atoms with E-state index in [0.29, 0.717) is 0 Å². The van der Waals surface area contributed by atoms with Crippen LogP contribution in [0.15, 0.2) is 0 Å². The third-order valence-electron chi connectivity index (χ3n) is 4.18. The average Bonchev–Trinajstić information content (AvgIpc) is 2.79. The highest BCUT2D eigenvalue weighted by Gasteiger charge is 2.55. The van der Waals surface area contributed by atoms with Crippen LogP contribution in [0.1, 0.15) is 40.5 Å². The van der Waals surface area contributed by atoms with Crippen LogP contribution in [0.5, 0.6) is 0 Å². The first-order valence-corrected chi connectivity index (χ1v) is 6.70. The maximum Gasteiger partial charge on any atom is 0.265 e. The van der Waals surface area contributed by atoms with E-state index in [9.17, 15) is 36.7 Å². The number of hydrogen-bond acceptors (Lipinski definition) is 4. The number of rotatable bonds is 1. The highest BCUT2D eigenvalue weighted by Crippen LogP contribution is 2.37. The van der Waals surface area contributed by atoms with Gasteiger partial charge in [-0.2, -0.15) is 0 Å². The first-order chi connectivity index (χ1) is 11.1. The van der Waals surface area contributed by atoms with Crippen LogP contribution in [0.3, 0.4) is 0 Å². The number of carbonyl (C=O) groups excluding carboxylic acids is 4. The zero-order valence-electron chi connectivity index (χ0n) is 12.0. The molecule has 4 amide bonds. The molecule has 0 bridgehead atoms. The van der Waals surface area contributed by atoms with Crippen molar-refractivity contribution in [3.63, 3.8) is 0 Å². The largest absolute Gasteiger partial charge is 0.294 e. The Morgan fingerprint density at radius 2 is 1.33 bits per heavy atom. The molecule has 126 valence electrons. The average molecular weight is 344 g/mol. The molecule has 6 nitrogen and oxygen atoms in total. The molecule has 0 saturated carbocycles. The molecule has 0 spiro atoms. The molecule has 1 atom stereocenters. The number of halogens is 4. The van der Waals surface area contributed by atoms with Crippen molar-refractivity contribution in [2.45, 2.75) is 25.3 Å². The van der Waals surface area contributed by atoms with Gasteiger partial charge in [-0.1, -0.05) is 0 Å². The molecule has 10 heteroatoms. The first kappa shape index (κ1) is 16.1. The maximum atomic E-state index is 13.9. The minimum absolute atomic E-state index is 0.227. The summed E-state index contributed by atoms with van der Waals surface area (Å²) >= 11 is 0. The summed E-state index contributed by atoms with van der Waals surface area (Å²) in [6, 6.07) is 0. The molecule has 1 aromatic carbocycles. The van der Waals surface area contributed by atoms with Crippen molar-refractivity contribution in [3.05, 3.63) is 34.4 Å². The molecule has 2 aliphatic heterocycles. The Kier molecular flexibility index (Phi) is 3.26. The van der Waals surface area contributed by atoms with Crippen molar-refractivity contribution in [2.24, 2.45) is 0 Å². The van der Waals surface area contributed by atoms with E-state index >= 15 is 0 Å². The third-order valence-corrected chi connectivity index (χ3v) is 4.18. The normalized spacial score (nSPS) is 23.6. The molecule has 2 heterocycles. The van der Waals surface area contributed by atoms with Gasteiger partial charge in [-0.25, -0.2) is 17.6 Å². The molecule has 3 rings (SSSR count). The Hall–Kier alpha value is -2.78. The predicted octanol–water partition coefficient (Wildman–Crippen LogP) is 1.03. The van der Waals surface area contributed by atoms with Crippen molar-refractivity contribution >= 4 is 23.6 Å². The number of piperidine rings is 1. The minimum atomic E-state index is -2.23. The number of amides is 4. The van der Waals surface area contributed by atoms with E-state index in [4.69, 9.17) is 0 Å². The van der Waals surface area contributed by atoms with Gasteiger partial charge in [0.2, 0.25) is 5.91 Å². The minimum Gasteiger partial charge on any atom is -0.294 e. The summed E-state index contributed by atoms with van der Waals surface area (Å²) in [5, 5.41) is 1.91. The van der Waals surface area contributed by atoms with Crippen LogP contribution in [-0.2, 0) is 9.59 Å². The van der Waals surface area contributed by atoms with E-state index in [1.807, 2.05) is 5.32 Å². The van der Waals surface area contributed by atoms with Gasteiger partial charge in [0.05, 0.1) is 11.1 Å². The van der Waals surface area contributed by atoms with Gasteiger partial charge in [0.1, 0.15) is 5.54 Å². The third kappa shape index (κ3) is 1.82. The number of fused-ring (bicyclic) bond motifs is 1. The Balaban J connectivity index is 2.18. The van der Waals surface area contributed by atoms with E-state index in [0.717, 1.165) is 6.92 Å². The van der Waals surface area contributed by atoms with Crippen LogP contribution in [-0.4, -0.2) is 34.1 Å². The van der Waals surface area contributed by atoms with Gasteiger partial charge in [-0.3, -0.25) is 29.4 Å². The van der Waals surface area contributed by atoms with Gasteiger partial charge < -0.3 is 0 Å². The fraction of sp³-hybridized carbons (Fsp3) is 0.286. The molecule has 2 aliphatic rings. The molecule has 1 fully saturated rings. The maximum absolute atomic E-state index is 13.9. The number of benzene rings is 1. The molecule has 24 heavy (non-hydrogen) atoms. The lowest BCUT2D eigenvalue weighted by molar-refractivity contribution is -0.140. The van der Waals surface area contributed by atoms with Crippen LogP contribution in [0.2, 0.25) is 0 Å². The molecular formula is C14H8F4N2O4. The summed E-state index contributed by atoms with van der Waals surface area (Å²) < 4.78 is 54.4. The van der Waals surface area contributed by atoms with Gasteiger partial charge in [-0.05, 0) is 13.3 Å². The number of carbonyl (C=O) groups is 4. The van der Waals surface area contributed by atoms with E-state index in [1.165, 1.54) is 0 Å². The molecule has 0 aliphatic carbocycles. The highest BCUT2D eigenvalue weighted by atomic mass is 19.2. The lowest BCUT2D eigenvalue weighted by Gasteiger charge is -2.38. The van der Waals surface area contributed by atoms with E-state index < -0.39 is 63.6 Å². The monoisotopic (exact) mass is 344 g/mol.